The molecule has 5 heteroatoms. The molecule has 1 N–H and O–H groups in total. The Balaban J connectivity index is 1.91. The lowest BCUT2D eigenvalue weighted by Crippen LogP contribution is -2.50. The number of halogens is 1. The molecule has 3 rings (SSSR count). The van der Waals surface area contributed by atoms with Crippen molar-refractivity contribution in [1.29, 1.82) is 0 Å². The van der Waals surface area contributed by atoms with Gasteiger partial charge in [0.05, 0.1) is 11.6 Å². The number of nitrogens with one attached hydrogen (secondary N) is 1. The number of rotatable bonds is 2. The van der Waals surface area contributed by atoms with E-state index in [1.54, 1.807) is 6.07 Å². The molecule has 4 nitrogen and oxygen atoms in total. The van der Waals surface area contributed by atoms with Crippen LogP contribution in [0.25, 0.3) is 10.8 Å². The second-order valence-electron chi connectivity index (χ2n) is 5.65. The first kappa shape index (κ1) is 14.3. The van der Waals surface area contributed by atoms with Gasteiger partial charge in [-0.05, 0) is 31.7 Å². The molecule has 1 aliphatic heterocycles. The molecular formula is C16H17ClN2O2. The minimum Gasteiger partial charge on any atom is -0.376 e. The van der Waals surface area contributed by atoms with Crippen LogP contribution in [0, 0.1) is 0 Å². The molecule has 0 saturated carbocycles. The number of aromatic nitrogens is 1. The molecule has 0 aliphatic carbocycles. The molecule has 1 aliphatic rings. The van der Waals surface area contributed by atoms with Gasteiger partial charge in [-0.15, -0.1) is 0 Å². The maximum absolute atomic E-state index is 12.5. The van der Waals surface area contributed by atoms with Crippen molar-refractivity contribution in [3.8, 4) is 0 Å². The smallest absolute Gasteiger partial charge is 0.270 e. The Morgan fingerprint density at radius 1 is 1.48 bits per heavy atom. The van der Waals surface area contributed by atoms with Gasteiger partial charge in [-0.25, -0.2) is 4.98 Å². The van der Waals surface area contributed by atoms with E-state index in [0.29, 0.717) is 17.5 Å². The van der Waals surface area contributed by atoms with Gasteiger partial charge in [-0.2, -0.15) is 0 Å². The Labute approximate surface area is 128 Å². The second kappa shape index (κ2) is 5.28. The van der Waals surface area contributed by atoms with E-state index in [2.05, 4.69) is 10.3 Å². The van der Waals surface area contributed by atoms with Crippen LogP contribution < -0.4 is 5.32 Å². The molecule has 21 heavy (non-hydrogen) atoms. The number of hydrogen-bond donors (Lipinski definition) is 1. The van der Waals surface area contributed by atoms with Crippen molar-refractivity contribution in [2.75, 3.05) is 6.61 Å². The zero-order chi connectivity index (χ0) is 15.0. The lowest BCUT2D eigenvalue weighted by atomic mass is 9.94. The summed E-state index contributed by atoms with van der Waals surface area (Å²) in [7, 11) is 0. The minimum atomic E-state index is -0.364. The van der Waals surface area contributed by atoms with Crippen molar-refractivity contribution in [3.05, 3.63) is 41.2 Å². The molecule has 2 atom stereocenters. The van der Waals surface area contributed by atoms with Crippen LogP contribution in [-0.4, -0.2) is 29.1 Å². The lowest BCUT2D eigenvalue weighted by Gasteiger charge is -2.28. The fraction of sp³-hybridized carbons (Fsp3) is 0.375. The monoisotopic (exact) mass is 304 g/mol. The lowest BCUT2D eigenvalue weighted by molar-refractivity contribution is 0.0724. The predicted octanol–water partition coefficient (Wildman–Crippen LogP) is 3.19. The van der Waals surface area contributed by atoms with Crippen LogP contribution in [0.1, 0.15) is 30.8 Å². The maximum atomic E-state index is 12.5. The number of carbonyl (C=O) groups is 1. The number of nitrogens with zero attached hydrogens (tertiary/aromatic N) is 1. The van der Waals surface area contributed by atoms with Crippen LogP contribution in [-0.2, 0) is 4.74 Å². The molecular weight excluding hydrogens is 288 g/mol. The summed E-state index contributed by atoms with van der Waals surface area (Å²) >= 11 is 6.17. The van der Waals surface area contributed by atoms with Crippen molar-refractivity contribution in [2.45, 2.75) is 31.9 Å². The number of amides is 1. The first-order valence-electron chi connectivity index (χ1n) is 6.99. The van der Waals surface area contributed by atoms with E-state index >= 15 is 0 Å². The molecule has 110 valence electrons. The molecule has 1 fully saturated rings. The highest BCUT2D eigenvalue weighted by Crippen LogP contribution is 2.26. The second-order valence-corrected chi connectivity index (χ2v) is 6.01. The van der Waals surface area contributed by atoms with Gasteiger partial charge in [0.1, 0.15) is 10.8 Å². The Kier molecular flexibility index (Phi) is 3.59. The van der Waals surface area contributed by atoms with Crippen molar-refractivity contribution in [3.63, 3.8) is 0 Å². The third kappa shape index (κ3) is 2.61. The van der Waals surface area contributed by atoms with E-state index in [-0.39, 0.29) is 17.6 Å². The summed E-state index contributed by atoms with van der Waals surface area (Å²) in [5.41, 5.74) is -0.0318. The SMILES string of the molecule is CC1OCCC1(C)NC(=O)c1cc2ccccc2c(Cl)n1. The summed E-state index contributed by atoms with van der Waals surface area (Å²) in [6.45, 7) is 4.61. The van der Waals surface area contributed by atoms with Gasteiger partial charge in [0.2, 0.25) is 0 Å². The Morgan fingerprint density at radius 2 is 2.24 bits per heavy atom. The number of pyridine rings is 1. The number of hydrogen-bond acceptors (Lipinski definition) is 3. The van der Waals surface area contributed by atoms with Gasteiger partial charge in [-0.3, -0.25) is 4.79 Å². The molecule has 1 aromatic carbocycles. The third-order valence-corrected chi connectivity index (χ3v) is 4.50. The van der Waals surface area contributed by atoms with Gasteiger partial charge >= 0.3 is 0 Å². The predicted molar refractivity (Wildman–Crippen MR) is 82.7 cm³/mol. The van der Waals surface area contributed by atoms with Crippen LogP contribution in [0.4, 0.5) is 0 Å². The van der Waals surface area contributed by atoms with Crippen molar-refractivity contribution >= 4 is 28.3 Å². The van der Waals surface area contributed by atoms with Crippen molar-refractivity contribution in [1.82, 2.24) is 10.3 Å². The highest BCUT2D eigenvalue weighted by Gasteiger charge is 2.38. The van der Waals surface area contributed by atoms with E-state index in [1.807, 2.05) is 38.1 Å². The topological polar surface area (TPSA) is 51.2 Å². The largest absolute Gasteiger partial charge is 0.376 e. The van der Waals surface area contributed by atoms with Gasteiger partial charge in [0, 0.05) is 12.0 Å². The van der Waals surface area contributed by atoms with Gasteiger partial charge in [0.15, 0.2) is 0 Å². The average Bonchev–Trinajstić information content (AvgIpc) is 2.78. The summed E-state index contributed by atoms with van der Waals surface area (Å²) in [5, 5.41) is 5.13. The molecule has 1 saturated heterocycles. The van der Waals surface area contributed by atoms with E-state index in [1.165, 1.54) is 0 Å². The standard InChI is InChI=1S/C16H17ClN2O2/c1-10-16(2,7-8-21-10)19-15(20)13-9-11-5-3-4-6-12(11)14(17)18-13/h3-6,9-10H,7-8H2,1-2H3,(H,19,20). The summed E-state index contributed by atoms with van der Waals surface area (Å²) < 4.78 is 5.54. The van der Waals surface area contributed by atoms with Gasteiger partial charge in [-0.1, -0.05) is 35.9 Å². The molecule has 0 radical (unpaired) electrons. The van der Waals surface area contributed by atoms with Crippen LogP contribution >= 0.6 is 11.6 Å². The zero-order valence-corrected chi connectivity index (χ0v) is 12.8. The first-order chi connectivity index (χ1) is 9.99. The maximum Gasteiger partial charge on any atom is 0.270 e. The summed E-state index contributed by atoms with van der Waals surface area (Å²) in [5.74, 6) is -0.220. The van der Waals surface area contributed by atoms with Gasteiger partial charge < -0.3 is 10.1 Å². The normalized spacial score (nSPS) is 25.2. The van der Waals surface area contributed by atoms with Crippen molar-refractivity contribution in [2.24, 2.45) is 0 Å². The van der Waals surface area contributed by atoms with Crippen LogP contribution in [0.2, 0.25) is 5.15 Å². The van der Waals surface area contributed by atoms with Crippen LogP contribution in [0.15, 0.2) is 30.3 Å². The highest BCUT2D eigenvalue weighted by molar-refractivity contribution is 6.34. The number of benzene rings is 1. The molecule has 0 bridgehead atoms. The Bertz CT molecular complexity index is 704. The molecule has 2 heterocycles. The highest BCUT2D eigenvalue weighted by atomic mass is 35.5. The summed E-state index contributed by atoms with van der Waals surface area (Å²) in [6, 6.07) is 9.38. The average molecular weight is 305 g/mol. The summed E-state index contributed by atoms with van der Waals surface area (Å²) in [6.07, 6.45) is 0.777. The molecule has 0 spiro atoms. The Hall–Kier alpha value is -1.65. The quantitative estimate of drug-likeness (QED) is 0.867. The number of carbonyl (C=O) groups excluding carboxylic acids is 1. The van der Waals surface area contributed by atoms with E-state index in [0.717, 1.165) is 17.2 Å². The molecule has 2 aromatic rings. The molecule has 1 amide bonds. The van der Waals surface area contributed by atoms with Crippen LogP contribution in [0.5, 0.6) is 0 Å². The van der Waals surface area contributed by atoms with E-state index in [4.69, 9.17) is 16.3 Å². The molecule has 1 aromatic heterocycles. The van der Waals surface area contributed by atoms with E-state index in [9.17, 15) is 4.79 Å². The first-order valence-corrected chi connectivity index (χ1v) is 7.37. The molecule has 2 unspecified atom stereocenters. The fourth-order valence-electron chi connectivity index (χ4n) is 2.60. The Morgan fingerprint density at radius 3 is 2.95 bits per heavy atom. The van der Waals surface area contributed by atoms with Crippen LogP contribution in [0.3, 0.4) is 0 Å². The van der Waals surface area contributed by atoms with E-state index < -0.39 is 0 Å². The fourth-order valence-corrected chi connectivity index (χ4v) is 2.86. The van der Waals surface area contributed by atoms with Gasteiger partial charge in [0.25, 0.3) is 5.91 Å². The zero-order valence-electron chi connectivity index (χ0n) is 12.0. The number of fused-ring (bicyclic) bond motifs is 1. The minimum absolute atomic E-state index is 0.0163. The summed E-state index contributed by atoms with van der Waals surface area (Å²) in [4.78, 5) is 16.7. The number of ether oxygens (including phenoxy) is 1. The van der Waals surface area contributed by atoms with Crippen molar-refractivity contribution < 1.29 is 9.53 Å². The third-order valence-electron chi connectivity index (χ3n) is 4.21.